The lowest BCUT2D eigenvalue weighted by molar-refractivity contribution is -0.124. The van der Waals surface area contributed by atoms with Crippen LogP contribution in [0, 0.1) is 5.82 Å². The van der Waals surface area contributed by atoms with E-state index in [9.17, 15) is 18.0 Å². The fourth-order valence-electron chi connectivity index (χ4n) is 3.14. The van der Waals surface area contributed by atoms with Gasteiger partial charge in [-0.2, -0.15) is 8.78 Å². The number of nitrogens with zero attached hydrogens (tertiary/aromatic N) is 6. The van der Waals surface area contributed by atoms with E-state index < -0.39 is 23.7 Å². The fraction of sp³-hybridized carbons (Fsp3) is 0.292. The maximum atomic E-state index is 14.7. The van der Waals surface area contributed by atoms with E-state index in [1.807, 2.05) is 32.8 Å². The number of nitrogens with one attached hydrogen (secondary N) is 1. The molecule has 4 aromatic rings. The lowest BCUT2D eigenvalue weighted by Crippen LogP contribution is -2.48. The zero-order valence-electron chi connectivity index (χ0n) is 20.0. The summed E-state index contributed by atoms with van der Waals surface area (Å²) in [6, 6.07) is 11.3. The molecule has 0 atom stereocenters. The molecule has 0 bridgehead atoms. The van der Waals surface area contributed by atoms with Gasteiger partial charge in [0, 0.05) is 22.4 Å². The van der Waals surface area contributed by atoms with E-state index in [0.717, 1.165) is 11.6 Å². The molecule has 12 heteroatoms. The van der Waals surface area contributed by atoms with Crippen LogP contribution in [0.5, 0.6) is 0 Å². The summed E-state index contributed by atoms with van der Waals surface area (Å²) >= 11 is 0. The Hall–Kier alpha value is -4.06. The Kier molecular flexibility index (Phi) is 6.88. The number of benzene rings is 2. The van der Waals surface area contributed by atoms with Gasteiger partial charge in [0.1, 0.15) is 11.5 Å². The van der Waals surface area contributed by atoms with E-state index in [1.165, 1.54) is 16.8 Å². The predicted molar refractivity (Wildman–Crippen MR) is 126 cm³/mol. The minimum atomic E-state index is -2.90. The largest absolute Gasteiger partial charge is 0.415 e. The van der Waals surface area contributed by atoms with Crippen LogP contribution >= 0.6 is 0 Å². The van der Waals surface area contributed by atoms with Gasteiger partial charge in [-0.3, -0.25) is 9.69 Å². The lowest BCUT2D eigenvalue weighted by atomic mass is 10.0. The number of rotatable bonds is 8. The number of halogens is 3. The van der Waals surface area contributed by atoms with Crippen LogP contribution in [0.2, 0.25) is 0 Å². The summed E-state index contributed by atoms with van der Waals surface area (Å²) in [6.45, 7) is 3.76. The van der Waals surface area contributed by atoms with Crippen molar-refractivity contribution >= 4 is 11.6 Å². The standard InChI is InChI=1S/C24H24F3N7O2/c1-24(2,33(3)4)23(35)28-17-9-7-14(8-10-17)19-13-34(32-29-19)12-16-6-5-15(11-18(16)25)21-30-31-22(36-21)20(26)27/h5-11,13,20H,12H2,1-4H3,(H,28,35). The summed E-state index contributed by atoms with van der Waals surface area (Å²) in [5.74, 6) is -1.73. The minimum Gasteiger partial charge on any atom is -0.415 e. The molecule has 4 rings (SSSR count). The van der Waals surface area contributed by atoms with Gasteiger partial charge in [0.15, 0.2) is 0 Å². The molecule has 0 spiro atoms. The summed E-state index contributed by atoms with van der Waals surface area (Å²) in [4.78, 5) is 14.3. The molecule has 2 heterocycles. The molecule has 188 valence electrons. The molecule has 0 saturated carbocycles. The highest BCUT2D eigenvalue weighted by Crippen LogP contribution is 2.25. The molecule has 0 aliphatic carbocycles. The smallest absolute Gasteiger partial charge is 0.314 e. The lowest BCUT2D eigenvalue weighted by Gasteiger charge is -2.30. The van der Waals surface area contributed by atoms with Crippen molar-refractivity contribution in [3.05, 3.63) is 65.9 Å². The van der Waals surface area contributed by atoms with E-state index in [-0.39, 0.29) is 23.9 Å². The van der Waals surface area contributed by atoms with Crippen molar-refractivity contribution in [3.8, 4) is 22.7 Å². The molecule has 2 aromatic heterocycles. The summed E-state index contributed by atoms with van der Waals surface area (Å²) < 4.78 is 46.3. The number of hydrogen-bond acceptors (Lipinski definition) is 7. The number of carbonyl (C=O) groups is 1. The number of aromatic nitrogens is 5. The molecule has 0 unspecified atom stereocenters. The van der Waals surface area contributed by atoms with Gasteiger partial charge in [-0.25, -0.2) is 9.07 Å². The van der Waals surface area contributed by atoms with Crippen LogP contribution in [0.4, 0.5) is 18.9 Å². The van der Waals surface area contributed by atoms with E-state index in [1.54, 1.807) is 30.5 Å². The Bertz CT molecular complexity index is 1360. The van der Waals surface area contributed by atoms with Crippen LogP contribution in [0.15, 0.2) is 53.1 Å². The average molecular weight is 499 g/mol. The van der Waals surface area contributed by atoms with Gasteiger partial charge in [0.2, 0.25) is 11.8 Å². The quantitative estimate of drug-likeness (QED) is 0.383. The summed E-state index contributed by atoms with van der Waals surface area (Å²) in [5, 5.41) is 17.9. The highest BCUT2D eigenvalue weighted by Gasteiger charge is 2.29. The van der Waals surface area contributed by atoms with E-state index in [0.29, 0.717) is 16.9 Å². The Morgan fingerprint density at radius 2 is 1.78 bits per heavy atom. The first-order chi connectivity index (χ1) is 17.0. The first-order valence-corrected chi connectivity index (χ1v) is 10.9. The summed E-state index contributed by atoms with van der Waals surface area (Å²) in [6.07, 6.45) is -1.23. The average Bonchev–Trinajstić information content (AvgIpc) is 3.51. The minimum absolute atomic E-state index is 0.0962. The molecular formula is C24H24F3N7O2. The second kappa shape index (κ2) is 9.90. The molecule has 0 fully saturated rings. The molecule has 0 radical (unpaired) electrons. The number of alkyl halides is 2. The van der Waals surface area contributed by atoms with Gasteiger partial charge >= 0.3 is 6.43 Å². The van der Waals surface area contributed by atoms with E-state index in [2.05, 4.69) is 25.8 Å². The number of anilines is 1. The van der Waals surface area contributed by atoms with E-state index >= 15 is 0 Å². The number of hydrogen-bond donors (Lipinski definition) is 1. The van der Waals surface area contributed by atoms with Crippen molar-refractivity contribution in [1.29, 1.82) is 0 Å². The highest BCUT2D eigenvalue weighted by atomic mass is 19.3. The normalized spacial score (nSPS) is 11.9. The number of carbonyl (C=O) groups excluding carboxylic acids is 1. The Morgan fingerprint density at radius 3 is 2.39 bits per heavy atom. The monoisotopic (exact) mass is 499 g/mol. The Balaban J connectivity index is 1.43. The highest BCUT2D eigenvalue weighted by molar-refractivity contribution is 5.97. The van der Waals surface area contributed by atoms with Gasteiger partial charge in [0.05, 0.1) is 18.3 Å². The molecule has 9 nitrogen and oxygen atoms in total. The third kappa shape index (κ3) is 5.28. The van der Waals surface area contributed by atoms with Crippen LogP contribution in [0.1, 0.15) is 31.7 Å². The van der Waals surface area contributed by atoms with Crippen molar-refractivity contribution in [2.45, 2.75) is 32.4 Å². The van der Waals surface area contributed by atoms with Gasteiger partial charge in [0.25, 0.3) is 5.89 Å². The van der Waals surface area contributed by atoms with Crippen LogP contribution in [-0.2, 0) is 11.3 Å². The maximum Gasteiger partial charge on any atom is 0.314 e. The van der Waals surface area contributed by atoms with Crippen LogP contribution in [0.3, 0.4) is 0 Å². The molecule has 1 amide bonds. The molecular weight excluding hydrogens is 475 g/mol. The van der Waals surface area contributed by atoms with Crippen molar-refractivity contribution in [1.82, 2.24) is 30.1 Å². The summed E-state index contributed by atoms with van der Waals surface area (Å²) in [7, 11) is 3.68. The SMILES string of the molecule is CN(C)C(C)(C)C(=O)Nc1ccc(-c2cn(Cc3ccc(-c4nnc(C(F)F)o4)cc3F)nn2)cc1. The van der Waals surface area contributed by atoms with Gasteiger partial charge in [-0.1, -0.05) is 23.4 Å². The number of amides is 1. The Labute approximate surface area is 204 Å². The third-order valence-electron chi connectivity index (χ3n) is 5.91. The second-order valence-electron chi connectivity index (χ2n) is 8.84. The van der Waals surface area contributed by atoms with Crippen molar-refractivity contribution in [2.24, 2.45) is 0 Å². The first kappa shape index (κ1) is 25.0. The zero-order chi connectivity index (χ0) is 26.0. The van der Waals surface area contributed by atoms with Crippen molar-refractivity contribution < 1.29 is 22.4 Å². The number of likely N-dealkylation sites (N-methyl/N-ethyl adjacent to an activating group) is 1. The molecule has 0 aliphatic rings. The molecule has 2 aromatic carbocycles. The Morgan fingerprint density at radius 1 is 1.08 bits per heavy atom. The van der Waals surface area contributed by atoms with Gasteiger partial charge < -0.3 is 9.73 Å². The first-order valence-electron chi connectivity index (χ1n) is 10.9. The van der Waals surface area contributed by atoms with E-state index in [4.69, 9.17) is 4.42 Å². The molecule has 0 aliphatic heterocycles. The zero-order valence-corrected chi connectivity index (χ0v) is 20.0. The maximum absolute atomic E-state index is 14.7. The van der Waals surface area contributed by atoms with Crippen LogP contribution < -0.4 is 5.32 Å². The van der Waals surface area contributed by atoms with Crippen molar-refractivity contribution in [2.75, 3.05) is 19.4 Å². The van der Waals surface area contributed by atoms with Gasteiger partial charge in [-0.05, 0) is 52.2 Å². The molecule has 36 heavy (non-hydrogen) atoms. The van der Waals surface area contributed by atoms with Gasteiger partial charge in [-0.15, -0.1) is 15.3 Å². The molecule has 0 saturated heterocycles. The van der Waals surface area contributed by atoms with Crippen molar-refractivity contribution in [3.63, 3.8) is 0 Å². The van der Waals surface area contributed by atoms with Crippen LogP contribution in [0.25, 0.3) is 22.7 Å². The second-order valence-corrected chi connectivity index (χ2v) is 8.84. The summed E-state index contributed by atoms with van der Waals surface area (Å²) in [5.41, 5.74) is 1.82. The fourth-order valence-corrected chi connectivity index (χ4v) is 3.14. The van der Waals surface area contributed by atoms with Crippen LogP contribution in [-0.4, -0.2) is 55.6 Å². The predicted octanol–water partition coefficient (Wildman–Crippen LogP) is 4.40. The third-order valence-corrected chi connectivity index (χ3v) is 5.91. The topological polar surface area (TPSA) is 102 Å². The molecule has 1 N–H and O–H groups in total.